The van der Waals surface area contributed by atoms with Crippen LogP contribution in [0.1, 0.15) is 25.0 Å². The van der Waals surface area contributed by atoms with Crippen molar-refractivity contribution >= 4 is 29.0 Å². The van der Waals surface area contributed by atoms with Gasteiger partial charge in [0, 0.05) is 12.6 Å². The Morgan fingerprint density at radius 3 is 2.88 bits per heavy atom. The van der Waals surface area contributed by atoms with Crippen LogP contribution < -0.4 is 4.90 Å². The number of halogens is 2. The summed E-state index contributed by atoms with van der Waals surface area (Å²) in [4.78, 5) is 6.97. The number of piperidine rings is 1. The van der Waals surface area contributed by atoms with Crippen molar-refractivity contribution in [2.24, 2.45) is 5.92 Å². The molecule has 0 amide bonds. The quantitative estimate of drug-likeness (QED) is 0.754. The second-order valence-electron chi connectivity index (χ2n) is 4.72. The molecule has 1 saturated carbocycles. The molecule has 16 heavy (non-hydrogen) atoms. The van der Waals surface area contributed by atoms with Crippen molar-refractivity contribution in [3.63, 3.8) is 0 Å². The Morgan fingerprint density at radius 2 is 2.25 bits per heavy atom. The molecule has 0 aromatic carbocycles. The predicted molar refractivity (Wildman–Crippen MR) is 67.3 cm³/mol. The van der Waals surface area contributed by atoms with Gasteiger partial charge in [0.25, 0.3) is 0 Å². The number of anilines is 1. The lowest BCUT2D eigenvalue weighted by Crippen LogP contribution is -2.32. The summed E-state index contributed by atoms with van der Waals surface area (Å²) in [6.45, 7) is 1.15. The third-order valence-corrected chi connectivity index (χ3v) is 4.33. The van der Waals surface area contributed by atoms with E-state index in [0.29, 0.717) is 16.9 Å². The Labute approximate surface area is 106 Å². The van der Waals surface area contributed by atoms with E-state index >= 15 is 0 Å². The number of pyridine rings is 1. The summed E-state index contributed by atoms with van der Waals surface area (Å²) in [5, 5.41) is 0.670. The van der Waals surface area contributed by atoms with Gasteiger partial charge in [-0.2, -0.15) is 0 Å². The zero-order valence-corrected chi connectivity index (χ0v) is 10.5. The van der Waals surface area contributed by atoms with E-state index in [1.54, 1.807) is 0 Å². The Kier molecular flexibility index (Phi) is 2.72. The minimum Gasteiger partial charge on any atom is -0.353 e. The van der Waals surface area contributed by atoms with E-state index in [-0.39, 0.29) is 0 Å². The van der Waals surface area contributed by atoms with Crippen molar-refractivity contribution in [2.75, 3.05) is 11.4 Å². The van der Waals surface area contributed by atoms with Gasteiger partial charge in [0.15, 0.2) is 0 Å². The molecule has 1 aliphatic carbocycles. The predicted octanol–water partition coefficient (Wildman–Crippen LogP) is 3.46. The number of rotatable bonds is 2. The van der Waals surface area contributed by atoms with Gasteiger partial charge in [-0.05, 0) is 37.3 Å². The van der Waals surface area contributed by atoms with Crippen molar-refractivity contribution in [3.05, 3.63) is 22.8 Å². The minimum atomic E-state index is 0.384. The van der Waals surface area contributed by atoms with Crippen LogP contribution in [-0.4, -0.2) is 17.6 Å². The molecule has 1 aliphatic heterocycles. The third kappa shape index (κ3) is 1.68. The molecule has 2 fully saturated rings. The van der Waals surface area contributed by atoms with Gasteiger partial charge in [-0.1, -0.05) is 11.6 Å². The molecule has 86 valence electrons. The molecular formula is C12H14Cl2N2. The van der Waals surface area contributed by atoms with Crippen LogP contribution in [0.25, 0.3) is 0 Å². The highest BCUT2D eigenvalue weighted by molar-refractivity contribution is 6.32. The SMILES string of the molecule is ClCc1nc(N2CC3CCC2C3)ccc1Cl. The maximum atomic E-state index is 6.02. The third-order valence-electron chi connectivity index (χ3n) is 3.73. The van der Waals surface area contributed by atoms with Crippen molar-refractivity contribution in [1.82, 2.24) is 4.98 Å². The molecule has 2 unspecified atom stereocenters. The molecule has 2 bridgehead atoms. The summed E-state index contributed by atoms with van der Waals surface area (Å²) >= 11 is 11.8. The van der Waals surface area contributed by atoms with Crippen LogP contribution in [0.4, 0.5) is 5.82 Å². The number of hydrogen-bond acceptors (Lipinski definition) is 2. The molecule has 1 saturated heterocycles. The summed E-state index contributed by atoms with van der Waals surface area (Å²) in [5.74, 6) is 2.31. The normalized spacial score (nSPS) is 27.8. The fourth-order valence-electron chi connectivity index (χ4n) is 2.93. The molecule has 1 aromatic heterocycles. The van der Waals surface area contributed by atoms with Crippen LogP contribution in [-0.2, 0) is 5.88 Å². The molecule has 2 nitrogen and oxygen atoms in total. The molecule has 0 radical (unpaired) electrons. The minimum absolute atomic E-state index is 0.384. The molecule has 1 aromatic rings. The molecule has 4 heteroatoms. The molecule has 3 rings (SSSR count). The van der Waals surface area contributed by atoms with E-state index in [1.807, 2.05) is 12.1 Å². The fraction of sp³-hybridized carbons (Fsp3) is 0.583. The van der Waals surface area contributed by atoms with Crippen LogP contribution in [0, 0.1) is 5.92 Å². The van der Waals surface area contributed by atoms with Gasteiger partial charge in [0.2, 0.25) is 0 Å². The lowest BCUT2D eigenvalue weighted by atomic mass is 10.1. The average Bonchev–Trinajstić information content (AvgIpc) is 2.91. The number of fused-ring (bicyclic) bond motifs is 2. The topological polar surface area (TPSA) is 16.1 Å². The lowest BCUT2D eigenvalue weighted by Gasteiger charge is -2.28. The number of alkyl halides is 1. The summed E-state index contributed by atoms with van der Waals surface area (Å²) < 4.78 is 0. The summed E-state index contributed by atoms with van der Waals surface area (Å²) in [5.41, 5.74) is 0.795. The van der Waals surface area contributed by atoms with E-state index in [9.17, 15) is 0 Å². The lowest BCUT2D eigenvalue weighted by molar-refractivity contribution is 0.550. The van der Waals surface area contributed by atoms with Gasteiger partial charge < -0.3 is 4.90 Å². The Balaban J connectivity index is 1.89. The second kappa shape index (κ2) is 4.08. The van der Waals surface area contributed by atoms with Crippen LogP contribution in [0.2, 0.25) is 5.02 Å². The van der Waals surface area contributed by atoms with Gasteiger partial charge in [0.1, 0.15) is 5.82 Å². The highest BCUT2D eigenvalue weighted by atomic mass is 35.5. The van der Waals surface area contributed by atoms with Gasteiger partial charge in [-0.15, -0.1) is 11.6 Å². The maximum absolute atomic E-state index is 6.02. The van der Waals surface area contributed by atoms with Crippen LogP contribution in [0.5, 0.6) is 0 Å². The monoisotopic (exact) mass is 256 g/mol. The van der Waals surface area contributed by atoms with E-state index < -0.39 is 0 Å². The van der Waals surface area contributed by atoms with Crippen molar-refractivity contribution in [1.29, 1.82) is 0 Å². The van der Waals surface area contributed by atoms with E-state index in [4.69, 9.17) is 23.2 Å². The molecule has 0 spiro atoms. The fourth-order valence-corrected chi connectivity index (χ4v) is 3.38. The van der Waals surface area contributed by atoms with Gasteiger partial charge in [-0.3, -0.25) is 0 Å². The van der Waals surface area contributed by atoms with Gasteiger partial charge >= 0.3 is 0 Å². The Bertz CT molecular complexity index is 408. The highest BCUT2D eigenvalue weighted by Crippen LogP contribution is 2.39. The van der Waals surface area contributed by atoms with E-state index in [0.717, 1.165) is 24.0 Å². The molecule has 2 heterocycles. The van der Waals surface area contributed by atoms with Crippen molar-refractivity contribution in [3.8, 4) is 0 Å². The largest absolute Gasteiger partial charge is 0.353 e. The zero-order chi connectivity index (χ0) is 11.1. The first-order chi connectivity index (χ1) is 7.78. The van der Waals surface area contributed by atoms with E-state index in [2.05, 4.69) is 9.88 Å². The summed E-state index contributed by atoms with van der Waals surface area (Å²) in [6, 6.07) is 4.62. The first-order valence-electron chi connectivity index (χ1n) is 5.76. The number of aromatic nitrogens is 1. The van der Waals surface area contributed by atoms with Gasteiger partial charge in [-0.25, -0.2) is 4.98 Å². The van der Waals surface area contributed by atoms with Crippen molar-refractivity contribution in [2.45, 2.75) is 31.2 Å². The second-order valence-corrected chi connectivity index (χ2v) is 5.39. The highest BCUT2D eigenvalue weighted by Gasteiger charge is 2.38. The first kappa shape index (κ1) is 10.7. The number of nitrogens with zero attached hydrogens (tertiary/aromatic N) is 2. The standard InChI is InChI=1S/C12H14Cl2N2/c13-6-11-10(14)3-4-12(15-11)16-7-8-1-2-9(16)5-8/h3-4,8-9H,1-2,5-7H2. The Hall–Kier alpha value is -0.470. The van der Waals surface area contributed by atoms with Crippen molar-refractivity contribution < 1.29 is 0 Å². The average molecular weight is 257 g/mol. The Morgan fingerprint density at radius 1 is 1.38 bits per heavy atom. The molecule has 2 aliphatic rings. The summed E-state index contributed by atoms with van der Waals surface area (Å²) in [7, 11) is 0. The van der Waals surface area contributed by atoms with Crippen LogP contribution >= 0.6 is 23.2 Å². The molecule has 2 atom stereocenters. The zero-order valence-electron chi connectivity index (χ0n) is 9.00. The summed E-state index contributed by atoms with van der Waals surface area (Å²) in [6.07, 6.45) is 4.03. The molecule has 0 N–H and O–H groups in total. The smallest absolute Gasteiger partial charge is 0.129 e. The molecular weight excluding hydrogens is 243 g/mol. The maximum Gasteiger partial charge on any atom is 0.129 e. The van der Waals surface area contributed by atoms with Crippen LogP contribution in [0.3, 0.4) is 0 Å². The van der Waals surface area contributed by atoms with Gasteiger partial charge in [0.05, 0.1) is 16.6 Å². The first-order valence-corrected chi connectivity index (χ1v) is 6.67. The van der Waals surface area contributed by atoms with E-state index in [1.165, 1.54) is 19.3 Å². The van der Waals surface area contributed by atoms with Crippen LogP contribution in [0.15, 0.2) is 12.1 Å². The number of hydrogen-bond donors (Lipinski definition) is 0.